The van der Waals surface area contributed by atoms with Crippen molar-refractivity contribution in [3.05, 3.63) is 42.0 Å². The zero-order valence-electron chi connectivity index (χ0n) is 18.3. The Hall–Kier alpha value is -4.28. The van der Waals surface area contributed by atoms with Gasteiger partial charge in [0.05, 0.1) is 39.7 Å². The Bertz CT molecular complexity index is 1080. The van der Waals surface area contributed by atoms with Gasteiger partial charge in [-0.3, -0.25) is 0 Å². The van der Waals surface area contributed by atoms with Crippen LogP contribution in [-0.2, 0) is 4.74 Å². The molecule has 0 saturated carbocycles. The van der Waals surface area contributed by atoms with Crippen molar-refractivity contribution in [2.75, 3.05) is 51.4 Å². The highest BCUT2D eigenvalue weighted by Gasteiger charge is 2.16. The molecule has 0 unspecified atom stereocenters. The summed E-state index contributed by atoms with van der Waals surface area (Å²) in [5.74, 6) is 1.71. The van der Waals surface area contributed by atoms with Crippen LogP contribution >= 0.6 is 0 Å². The van der Waals surface area contributed by atoms with Crippen LogP contribution in [0.2, 0.25) is 0 Å². The lowest BCUT2D eigenvalue weighted by molar-refractivity contribution is 0.0602. The lowest BCUT2D eigenvalue weighted by atomic mass is 10.2. The maximum atomic E-state index is 12.1. The monoisotopic (exact) mass is 440 g/mol. The fourth-order valence-electron chi connectivity index (χ4n) is 2.88. The third-order valence-electron chi connectivity index (χ3n) is 4.36. The van der Waals surface area contributed by atoms with Gasteiger partial charge in [-0.05, 0) is 12.1 Å². The zero-order valence-corrected chi connectivity index (χ0v) is 18.3. The molecule has 0 saturated heterocycles. The Labute approximate surface area is 185 Å². The molecule has 11 heteroatoms. The van der Waals surface area contributed by atoms with Gasteiger partial charge in [0, 0.05) is 24.9 Å². The van der Waals surface area contributed by atoms with E-state index in [-0.39, 0.29) is 11.9 Å². The molecule has 0 fully saturated rings. The molecule has 168 valence electrons. The average molecular weight is 440 g/mol. The van der Waals surface area contributed by atoms with E-state index in [1.54, 1.807) is 43.4 Å². The number of anilines is 5. The number of methoxy groups -OCH3 is 4. The first kappa shape index (κ1) is 22.4. The van der Waals surface area contributed by atoms with E-state index in [2.05, 4.69) is 30.9 Å². The zero-order chi connectivity index (χ0) is 23.1. The van der Waals surface area contributed by atoms with Crippen molar-refractivity contribution in [2.45, 2.75) is 0 Å². The molecule has 0 atom stereocenters. The molecule has 0 spiro atoms. The minimum absolute atomic E-state index is 0.218. The van der Waals surface area contributed by atoms with Crippen molar-refractivity contribution in [2.24, 2.45) is 0 Å². The highest BCUT2D eigenvalue weighted by atomic mass is 16.5. The molecule has 0 amide bonds. The number of carbonyl (C=O) groups excluding carboxylic acids is 1. The van der Waals surface area contributed by atoms with Gasteiger partial charge in [0.15, 0.2) is 11.5 Å². The topological polar surface area (TPSA) is 129 Å². The second kappa shape index (κ2) is 10.2. The van der Waals surface area contributed by atoms with Crippen LogP contribution in [0.4, 0.5) is 29.2 Å². The molecule has 32 heavy (non-hydrogen) atoms. The molecule has 3 N–H and O–H groups in total. The summed E-state index contributed by atoms with van der Waals surface area (Å²) in [4.78, 5) is 25.1. The lowest BCUT2D eigenvalue weighted by Crippen LogP contribution is -2.10. The van der Waals surface area contributed by atoms with Crippen molar-refractivity contribution in [1.29, 1.82) is 0 Å². The van der Waals surface area contributed by atoms with Gasteiger partial charge in [0.1, 0.15) is 0 Å². The first-order valence-corrected chi connectivity index (χ1v) is 9.48. The minimum Gasteiger partial charge on any atom is -0.493 e. The predicted octanol–water partition coefficient (Wildman–Crippen LogP) is 3.21. The van der Waals surface area contributed by atoms with Crippen molar-refractivity contribution < 1.29 is 23.7 Å². The number of nitrogens with zero attached hydrogens (tertiary/aromatic N) is 3. The van der Waals surface area contributed by atoms with Gasteiger partial charge >= 0.3 is 5.97 Å². The van der Waals surface area contributed by atoms with Crippen LogP contribution in [0.25, 0.3) is 0 Å². The standard InChI is InChI=1S/C21H24N6O5/c1-22-19-25-20(23-12-10-15(29-2)17(31-4)16(11-12)30-3)27-21(26-19)24-14-9-7-6-8-13(14)18(28)32-5/h6-11H,1-5H3,(H3,22,23,24,25,26,27). The van der Waals surface area contributed by atoms with E-state index in [4.69, 9.17) is 18.9 Å². The number of esters is 1. The third-order valence-corrected chi connectivity index (χ3v) is 4.36. The molecule has 0 bridgehead atoms. The fourth-order valence-corrected chi connectivity index (χ4v) is 2.88. The van der Waals surface area contributed by atoms with E-state index in [1.807, 2.05) is 0 Å². The van der Waals surface area contributed by atoms with E-state index in [9.17, 15) is 4.79 Å². The van der Waals surface area contributed by atoms with Gasteiger partial charge in [0.2, 0.25) is 23.6 Å². The summed E-state index contributed by atoms with van der Waals surface area (Å²) in [7, 11) is 7.60. The van der Waals surface area contributed by atoms with Crippen LogP contribution in [0, 0.1) is 0 Å². The summed E-state index contributed by atoms with van der Waals surface area (Å²) in [6.45, 7) is 0. The first-order valence-electron chi connectivity index (χ1n) is 9.48. The van der Waals surface area contributed by atoms with Crippen LogP contribution in [0.15, 0.2) is 36.4 Å². The maximum absolute atomic E-state index is 12.1. The molecular formula is C21H24N6O5. The molecular weight excluding hydrogens is 416 g/mol. The van der Waals surface area contributed by atoms with E-state index in [0.29, 0.717) is 40.1 Å². The first-order chi connectivity index (χ1) is 15.5. The summed E-state index contributed by atoms with van der Waals surface area (Å²) >= 11 is 0. The molecule has 0 aliphatic rings. The highest BCUT2D eigenvalue weighted by Crippen LogP contribution is 2.40. The van der Waals surface area contributed by atoms with Gasteiger partial charge < -0.3 is 34.9 Å². The normalized spacial score (nSPS) is 10.2. The van der Waals surface area contributed by atoms with Gasteiger partial charge in [0.25, 0.3) is 0 Å². The maximum Gasteiger partial charge on any atom is 0.339 e. The summed E-state index contributed by atoms with van der Waals surface area (Å²) in [6, 6.07) is 10.3. The summed E-state index contributed by atoms with van der Waals surface area (Å²) in [5, 5.41) is 9.03. The van der Waals surface area contributed by atoms with E-state index >= 15 is 0 Å². The molecule has 0 radical (unpaired) electrons. The second-order valence-corrected chi connectivity index (χ2v) is 6.26. The van der Waals surface area contributed by atoms with Crippen LogP contribution in [0.5, 0.6) is 17.2 Å². The van der Waals surface area contributed by atoms with E-state index < -0.39 is 5.97 Å². The van der Waals surface area contributed by atoms with Crippen molar-refractivity contribution >= 4 is 35.2 Å². The molecule has 3 aromatic rings. The van der Waals surface area contributed by atoms with Crippen molar-refractivity contribution in [3.63, 3.8) is 0 Å². The third kappa shape index (κ3) is 4.89. The van der Waals surface area contributed by atoms with Gasteiger partial charge in [-0.25, -0.2) is 4.79 Å². The van der Waals surface area contributed by atoms with Crippen LogP contribution in [0.1, 0.15) is 10.4 Å². The molecule has 3 rings (SSSR count). The molecule has 0 aliphatic carbocycles. The number of benzene rings is 2. The summed E-state index contributed by atoms with van der Waals surface area (Å²) < 4.78 is 21.0. The average Bonchev–Trinajstić information content (AvgIpc) is 2.82. The molecule has 2 aromatic carbocycles. The number of hydrogen-bond donors (Lipinski definition) is 3. The Morgan fingerprint density at radius 2 is 1.41 bits per heavy atom. The summed E-state index contributed by atoms with van der Waals surface area (Å²) in [5.41, 5.74) is 1.44. The number of ether oxygens (including phenoxy) is 4. The largest absolute Gasteiger partial charge is 0.493 e. The Morgan fingerprint density at radius 1 is 0.812 bits per heavy atom. The van der Waals surface area contributed by atoms with Gasteiger partial charge in [-0.2, -0.15) is 15.0 Å². The fraction of sp³-hybridized carbons (Fsp3) is 0.238. The Kier molecular flexibility index (Phi) is 7.11. The van der Waals surface area contributed by atoms with E-state index in [1.165, 1.54) is 28.4 Å². The van der Waals surface area contributed by atoms with Crippen molar-refractivity contribution in [3.8, 4) is 17.2 Å². The number of hydrogen-bond acceptors (Lipinski definition) is 11. The quantitative estimate of drug-likeness (QED) is 0.424. The SMILES string of the molecule is CNc1nc(Nc2cc(OC)c(OC)c(OC)c2)nc(Nc2ccccc2C(=O)OC)n1. The number of carbonyl (C=O) groups is 1. The number of aromatic nitrogens is 3. The molecule has 1 aromatic heterocycles. The Balaban J connectivity index is 1.96. The van der Waals surface area contributed by atoms with Crippen LogP contribution in [0.3, 0.4) is 0 Å². The van der Waals surface area contributed by atoms with Crippen LogP contribution in [-0.4, -0.2) is 56.4 Å². The highest BCUT2D eigenvalue weighted by molar-refractivity contribution is 5.96. The number of rotatable bonds is 9. The minimum atomic E-state index is -0.480. The smallest absolute Gasteiger partial charge is 0.339 e. The summed E-state index contributed by atoms with van der Waals surface area (Å²) in [6.07, 6.45) is 0. The molecule has 11 nitrogen and oxygen atoms in total. The van der Waals surface area contributed by atoms with Crippen LogP contribution < -0.4 is 30.2 Å². The van der Waals surface area contributed by atoms with Gasteiger partial charge in [-0.1, -0.05) is 12.1 Å². The lowest BCUT2D eigenvalue weighted by Gasteiger charge is -2.15. The number of para-hydroxylation sites is 1. The molecule has 1 heterocycles. The van der Waals surface area contributed by atoms with Gasteiger partial charge in [-0.15, -0.1) is 0 Å². The number of nitrogens with one attached hydrogen (secondary N) is 3. The second-order valence-electron chi connectivity index (χ2n) is 6.26. The Morgan fingerprint density at radius 3 is 1.97 bits per heavy atom. The predicted molar refractivity (Wildman–Crippen MR) is 120 cm³/mol. The molecule has 0 aliphatic heterocycles. The van der Waals surface area contributed by atoms with Crippen molar-refractivity contribution in [1.82, 2.24) is 15.0 Å². The van der Waals surface area contributed by atoms with E-state index in [0.717, 1.165) is 0 Å².